The maximum Gasteiger partial charge on any atom is 0.310 e. The van der Waals surface area contributed by atoms with Gasteiger partial charge < -0.3 is 4.74 Å². The van der Waals surface area contributed by atoms with Gasteiger partial charge in [-0.2, -0.15) is 0 Å². The van der Waals surface area contributed by atoms with Crippen LogP contribution in [-0.2, 0) is 16.0 Å². The number of benzene rings is 1. The smallest absolute Gasteiger partial charge is 0.310 e. The van der Waals surface area contributed by atoms with E-state index in [1.807, 2.05) is 0 Å². The first-order valence-corrected chi connectivity index (χ1v) is 7.29. The van der Waals surface area contributed by atoms with E-state index < -0.39 is 0 Å². The van der Waals surface area contributed by atoms with Crippen LogP contribution in [0.1, 0.15) is 29.8 Å². The van der Waals surface area contributed by atoms with Crippen molar-refractivity contribution in [1.82, 2.24) is 0 Å². The highest BCUT2D eigenvalue weighted by molar-refractivity contribution is 9.10. The topological polar surface area (TPSA) is 43.4 Å². The summed E-state index contributed by atoms with van der Waals surface area (Å²) in [5, 5.41) is 0. The molecule has 0 aliphatic heterocycles. The number of esters is 1. The maximum atomic E-state index is 11.9. The Balaban J connectivity index is 2.99. The Morgan fingerprint density at radius 3 is 2.61 bits per heavy atom. The van der Waals surface area contributed by atoms with Crippen molar-refractivity contribution in [3.8, 4) is 0 Å². The summed E-state index contributed by atoms with van der Waals surface area (Å²) < 4.78 is 5.56. The maximum absolute atomic E-state index is 11.9. The SMILES string of the molecule is CCOC(=O)Cc1cccc(C(=O)C(C)Br)c1Br. The van der Waals surface area contributed by atoms with Gasteiger partial charge in [-0.15, -0.1) is 0 Å². The quantitative estimate of drug-likeness (QED) is 0.448. The number of Topliss-reactive ketones (excluding diaryl/α,β-unsaturated/α-hetero) is 1. The molecule has 5 heteroatoms. The second-order valence-electron chi connectivity index (χ2n) is 3.74. The lowest BCUT2D eigenvalue weighted by molar-refractivity contribution is -0.142. The molecule has 98 valence electrons. The molecule has 0 aliphatic carbocycles. The summed E-state index contributed by atoms with van der Waals surface area (Å²) in [5.74, 6) is -0.317. The van der Waals surface area contributed by atoms with Crippen molar-refractivity contribution in [3.63, 3.8) is 0 Å². The lowest BCUT2D eigenvalue weighted by Gasteiger charge is -2.10. The van der Waals surface area contributed by atoms with E-state index in [1.54, 1.807) is 32.0 Å². The van der Waals surface area contributed by atoms with Crippen molar-refractivity contribution >= 4 is 43.6 Å². The molecule has 0 bridgehead atoms. The number of halogens is 2. The van der Waals surface area contributed by atoms with E-state index in [1.165, 1.54) is 0 Å². The summed E-state index contributed by atoms with van der Waals surface area (Å²) in [7, 11) is 0. The molecule has 3 nitrogen and oxygen atoms in total. The van der Waals surface area contributed by atoms with E-state index in [0.717, 1.165) is 5.56 Å². The van der Waals surface area contributed by atoms with Gasteiger partial charge in [0, 0.05) is 10.0 Å². The fourth-order valence-corrected chi connectivity index (χ4v) is 2.33. The van der Waals surface area contributed by atoms with Gasteiger partial charge in [-0.05, 0) is 35.3 Å². The molecule has 0 aromatic heterocycles. The molecule has 0 saturated heterocycles. The largest absolute Gasteiger partial charge is 0.466 e. The Labute approximate surface area is 123 Å². The van der Waals surface area contributed by atoms with Gasteiger partial charge in [-0.25, -0.2) is 0 Å². The Morgan fingerprint density at radius 2 is 2.06 bits per heavy atom. The van der Waals surface area contributed by atoms with Crippen LogP contribution in [-0.4, -0.2) is 23.2 Å². The van der Waals surface area contributed by atoms with Gasteiger partial charge in [0.25, 0.3) is 0 Å². The lowest BCUT2D eigenvalue weighted by atomic mass is 10.0. The van der Waals surface area contributed by atoms with Crippen molar-refractivity contribution in [2.75, 3.05) is 6.61 Å². The zero-order valence-corrected chi connectivity index (χ0v) is 13.4. The second-order valence-corrected chi connectivity index (χ2v) is 5.91. The Morgan fingerprint density at radius 1 is 1.39 bits per heavy atom. The zero-order valence-electron chi connectivity index (χ0n) is 10.2. The van der Waals surface area contributed by atoms with E-state index in [4.69, 9.17) is 4.74 Å². The first-order valence-electron chi connectivity index (χ1n) is 5.58. The summed E-state index contributed by atoms with van der Waals surface area (Å²) in [6, 6.07) is 5.30. The molecule has 1 unspecified atom stereocenters. The van der Waals surface area contributed by atoms with Crippen molar-refractivity contribution < 1.29 is 14.3 Å². The van der Waals surface area contributed by atoms with Crippen LogP contribution < -0.4 is 0 Å². The molecule has 0 saturated carbocycles. The normalized spacial score (nSPS) is 12.0. The molecule has 1 rings (SSSR count). The molecular weight excluding hydrogens is 364 g/mol. The van der Waals surface area contributed by atoms with Gasteiger partial charge >= 0.3 is 5.97 Å². The van der Waals surface area contributed by atoms with Crippen LogP contribution in [0.2, 0.25) is 0 Å². The van der Waals surface area contributed by atoms with Gasteiger partial charge in [-0.1, -0.05) is 34.1 Å². The molecular formula is C13H14Br2O3. The predicted octanol–water partition coefficient (Wildman–Crippen LogP) is 3.52. The zero-order chi connectivity index (χ0) is 13.7. The number of alkyl halides is 1. The standard InChI is InChI=1S/C13H14Br2O3/c1-3-18-11(16)7-9-5-4-6-10(12(9)15)13(17)8(2)14/h4-6,8H,3,7H2,1-2H3. The average Bonchev–Trinajstić information content (AvgIpc) is 2.31. The Kier molecular flexibility index (Phi) is 6.02. The van der Waals surface area contributed by atoms with Crippen LogP contribution >= 0.6 is 31.9 Å². The highest BCUT2D eigenvalue weighted by atomic mass is 79.9. The van der Waals surface area contributed by atoms with Gasteiger partial charge in [0.2, 0.25) is 0 Å². The van der Waals surface area contributed by atoms with Crippen LogP contribution in [0.4, 0.5) is 0 Å². The number of hydrogen-bond acceptors (Lipinski definition) is 3. The summed E-state index contributed by atoms with van der Waals surface area (Å²) in [6.45, 7) is 3.89. The van der Waals surface area contributed by atoms with Crippen LogP contribution in [0.15, 0.2) is 22.7 Å². The summed E-state index contributed by atoms with van der Waals surface area (Å²) in [6.07, 6.45) is 0.159. The Bertz CT molecular complexity index is 456. The predicted molar refractivity (Wildman–Crippen MR) is 77.2 cm³/mol. The van der Waals surface area contributed by atoms with Gasteiger partial charge in [0.05, 0.1) is 17.9 Å². The minimum absolute atomic E-state index is 0.0208. The molecule has 0 heterocycles. The molecule has 1 aromatic rings. The number of carbonyl (C=O) groups is 2. The van der Waals surface area contributed by atoms with Gasteiger partial charge in [-0.3, -0.25) is 9.59 Å². The average molecular weight is 378 g/mol. The van der Waals surface area contributed by atoms with Crippen molar-refractivity contribution in [2.45, 2.75) is 25.1 Å². The molecule has 1 aromatic carbocycles. The van der Waals surface area contributed by atoms with Gasteiger partial charge in [0.15, 0.2) is 5.78 Å². The summed E-state index contributed by atoms with van der Waals surface area (Å²) in [4.78, 5) is 23.1. The van der Waals surface area contributed by atoms with E-state index in [9.17, 15) is 9.59 Å². The van der Waals surface area contributed by atoms with Crippen molar-refractivity contribution in [2.24, 2.45) is 0 Å². The minimum atomic E-state index is -0.297. The number of carbonyl (C=O) groups excluding carboxylic acids is 2. The van der Waals surface area contributed by atoms with Crippen molar-refractivity contribution in [1.29, 1.82) is 0 Å². The number of hydrogen-bond donors (Lipinski definition) is 0. The van der Waals surface area contributed by atoms with Gasteiger partial charge in [0.1, 0.15) is 0 Å². The molecule has 0 N–H and O–H groups in total. The highest BCUT2D eigenvalue weighted by Gasteiger charge is 2.18. The molecule has 1 atom stereocenters. The monoisotopic (exact) mass is 376 g/mol. The molecule has 18 heavy (non-hydrogen) atoms. The first-order chi connectivity index (χ1) is 8.47. The third kappa shape index (κ3) is 3.92. The minimum Gasteiger partial charge on any atom is -0.466 e. The third-order valence-electron chi connectivity index (χ3n) is 2.35. The van der Waals surface area contributed by atoms with Crippen LogP contribution in [0, 0.1) is 0 Å². The fourth-order valence-electron chi connectivity index (χ4n) is 1.49. The van der Waals surface area contributed by atoms with Crippen LogP contribution in [0.25, 0.3) is 0 Å². The highest BCUT2D eigenvalue weighted by Crippen LogP contribution is 2.25. The fraction of sp³-hybridized carbons (Fsp3) is 0.385. The van der Waals surface area contributed by atoms with Crippen LogP contribution in [0.5, 0.6) is 0 Å². The van der Waals surface area contributed by atoms with E-state index in [2.05, 4.69) is 31.9 Å². The van der Waals surface area contributed by atoms with E-state index in [-0.39, 0.29) is 23.0 Å². The summed E-state index contributed by atoms with van der Waals surface area (Å²) >= 11 is 6.63. The molecule has 0 spiro atoms. The molecule has 0 aliphatic rings. The Hall–Kier alpha value is -0.680. The lowest BCUT2D eigenvalue weighted by Crippen LogP contribution is -2.13. The van der Waals surface area contributed by atoms with E-state index >= 15 is 0 Å². The van der Waals surface area contributed by atoms with Crippen LogP contribution in [0.3, 0.4) is 0 Å². The number of rotatable bonds is 5. The molecule has 0 amide bonds. The van der Waals surface area contributed by atoms with Crippen molar-refractivity contribution in [3.05, 3.63) is 33.8 Å². The number of ketones is 1. The third-order valence-corrected chi connectivity index (χ3v) is 3.70. The molecule has 0 radical (unpaired) electrons. The molecule has 0 fully saturated rings. The number of ether oxygens (including phenoxy) is 1. The second kappa shape index (κ2) is 7.04. The first kappa shape index (κ1) is 15.4. The summed E-state index contributed by atoms with van der Waals surface area (Å²) in [5.41, 5.74) is 1.33. The van der Waals surface area contributed by atoms with E-state index in [0.29, 0.717) is 16.6 Å².